The van der Waals surface area contributed by atoms with Crippen LogP contribution in [0.3, 0.4) is 0 Å². The van der Waals surface area contributed by atoms with Gasteiger partial charge < -0.3 is 15.2 Å². The Morgan fingerprint density at radius 3 is 2.78 bits per heavy atom. The summed E-state index contributed by atoms with van der Waals surface area (Å²) in [5, 5.41) is 12.0. The van der Waals surface area contributed by atoms with Crippen LogP contribution in [0.2, 0.25) is 0 Å². The molecule has 1 unspecified atom stereocenters. The number of carboxylic acid groups (broad SMARTS) is 1. The van der Waals surface area contributed by atoms with Crippen molar-refractivity contribution < 1.29 is 19.4 Å². The smallest absolute Gasteiger partial charge is 0.320 e. The van der Waals surface area contributed by atoms with Crippen molar-refractivity contribution in [1.82, 2.24) is 10.2 Å². The Hall–Kier alpha value is -1.92. The second-order valence-electron chi connectivity index (χ2n) is 5.79. The summed E-state index contributed by atoms with van der Waals surface area (Å²) >= 11 is 0. The monoisotopic (exact) mass is 320 g/mol. The summed E-state index contributed by atoms with van der Waals surface area (Å²) in [7, 11) is 0. The van der Waals surface area contributed by atoms with Gasteiger partial charge >= 0.3 is 11.9 Å². The van der Waals surface area contributed by atoms with Crippen LogP contribution in [0.4, 0.5) is 0 Å². The average Bonchev–Trinajstić information content (AvgIpc) is 2.55. The zero-order valence-corrected chi connectivity index (χ0v) is 13.2. The van der Waals surface area contributed by atoms with Gasteiger partial charge in [-0.15, -0.1) is 0 Å². The van der Waals surface area contributed by atoms with Crippen molar-refractivity contribution in [3.63, 3.8) is 0 Å². The second-order valence-corrected chi connectivity index (χ2v) is 5.79. The predicted octanol–water partition coefficient (Wildman–Crippen LogP) is 1.26. The van der Waals surface area contributed by atoms with E-state index in [1.807, 2.05) is 35.2 Å². The largest absolute Gasteiger partial charge is 0.480 e. The Balaban J connectivity index is 1.66. The van der Waals surface area contributed by atoms with Gasteiger partial charge in [0, 0.05) is 12.6 Å². The third-order valence-corrected chi connectivity index (χ3v) is 3.98. The molecule has 126 valence electrons. The molecule has 0 saturated carbocycles. The number of rotatable bonds is 8. The number of aliphatic carboxylic acids is 1. The van der Waals surface area contributed by atoms with Gasteiger partial charge in [0.15, 0.2) is 0 Å². The van der Waals surface area contributed by atoms with E-state index in [1.54, 1.807) is 0 Å². The number of likely N-dealkylation sites (tertiary alicyclic amines) is 1. The highest BCUT2D eigenvalue weighted by Gasteiger charge is 2.23. The molecular formula is C17H24N2O4. The average molecular weight is 320 g/mol. The van der Waals surface area contributed by atoms with Gasteiger partial charge in [-0.2, -0.15) is 0 Å². The maximum atomic E-state index is 11.7. The van der Waals surface area contributed by atoms with Crippen LogP contribution in [0.1, 0.15) is 24.8 Å². The minimum absolute atomic E-state index is 0.0603. The summed E-state index contributed by atoms with van der Waals surface area (Å²) in [5.74, 6) is -1.10. The summed E-state index contributed by atoms with van der Waals surface area (Å²) in [6.07, 6.45) is 3.09. The summed E-state index contributed by atoms with van der Waals surface area (Å²) in [4.78, 5) is 24.6. The molecule has 0 amide bonds. The number of nitrogens with one attached hydrogen (secondary N) is 1. The van der Waals surface area contributed by atoms with Crippen LogP contribution in [0.25, 0.3) is 0 Å². The van der Waals surface area contributed by atoms with Gasteiger partial charge in [0.25, 0.3) is 0 Å². The number of esters is 1. The highest BCUT2D eigenvalue weighted by atomic mass is 16.5. The summed E-state index contributed by atoms with van der Waals surface area (Å²) < 4.78 is 5.20. The number of nitrogens with zero attached hydrogens (tertiary/aromatic N) is 1. The Labute approximate surface area is 136 Å². The first kappa shape index (κ1) is 17.4. The summed E-state index contributed by atoms with van der Waals surface area (Å²) in [5.41, 5.74) is 0.959. The molecule has 23 heavy (non-hydrogen) atoms. The molecule has 1 aromatic rings. The van der Waals surface area contributed by atoms with Crippen molar-refractivity contribution in [2.45, 2.75) is 31.9 Å². The number of carbonyl (C=O) groups excluding carboxylic acids is 1. The molecule has 2 N–H and O–H groups in total. The van der Waals surface area contributed by atoms with Crippen LogP contribution in [0.5, 0.6) is 0 Å². The molecule has 0 radical (unpaired) electrons. The lowest BCUT2D eigenvalue weighted by atomic mass is 10.0. The molecule has 6 heteroatoms. The topological polar surface area (TPSA) is 78.9 Å². The number of carbonyl (C=O) groups is 2. The molecule has 2 rings (SSSR count). The van der Waals surface area contributed by atoms with Gasteiger partial charge in [-0.05, 0) is 24.9 Å². The van der Waals surface area contributed by atoms with Crippen molar-refractivity contribution in [3.8, 4) is 0 Å². The zero-order chi connectivity index (χ0) is 16.5. The fourth-order valence-electron chi connectivity index (χ4n) is 2.80. The van der Waals surface area contributed by atoms with Crippen molar-refractivity contribution in [1.29, 1.82) is 0 Å². The molecule has 1 aliphatic heterocycles. The molecule has 1 aliphatic rings. The summed E-state index contributed by atoms with van der Waals surface area (Å²) in [6, 6.07) is 9.71. The van der Waals surface area contributed by atoms with E-state index in [9.17, 15) is 9.59 Å². The molecule has 6 nitrogen and oxygen atoms in total. The zero-order valence-electron chi connectivity index (χ0n) is 13.2. The molecule has 0 bridgehead atoms. The van der Waals surface area contributed by atoms with E-state index in [-0.39, 0.29) is 31.7 Å². The Kier molecular flexibility index (Phi) is 7.03. The lowest BCUT2D eigenvalue weighted by molar-refractivity contribution is -0.144. The van der Waals surface area contributed by atoms with E-state index in [0.717, 1.165) is 31.4 Å². The fourth-order valence-corrected chi connectivity index (χ4v) is 2.80. The molecule has 1 saturated heterocycles. The van der Waals surface area contributed by atoms with Crippen molar-refractivity contribution in [2.75, 3.05) is 26.2 Å². The standard InChI is InChI=1S/C17H24N2O4/c20-16(21)12-19-9-5-4-8-15(19)10-18-11-17(22)23-13-14-6-2-1-3-7-14/h1-3,6-7,15,18H,4-5,8-13H2,(H,20,21). The first-order valence-electron chi connectivity index (χ1n) is 8.01. The number of hydrogen-bond donors (Lipinski definition) is 2. The lowest BCUT2D eigenvalue weighted by Crippen LogP contribution is -2.48. The normalized spacial score (nSPS) is 18.5. The van der Waals surface area contributed by atoms with E-state index in [1.165, 1.54) is 0 Å². The van der Waals surface area contributed by atoms with Gasteiger partial charge in [0.05, 0.1) is 13.1 Å². The van der Waals surface area contributed by atoms with E-state index < -0.39 is 5.97 Å². The van der Waals surface area contributed by atoms with E-state index in [2.05, 4.69) is 5.32 Å². The minimum Gasteiger partial charge on any atom is -0.480 e. The van der Waals surface area contributed by atoms with Crippen molar-refractivity contribution in [3.05, 3.63) is 35.9 Å². The maximum Gasteiger partial charge on any atom is 0.320 e. The first-order valence-corrected chi connectivity index (χ1v) is 8.01. The fraction of sp³-hybridized carbons (Fsp3) is 0.529. The van der Waals surface area contributed by atoms with Crippen LogP contribution in [-0.4, -0.2) is 54.2 Å². The molecule has 1 fully saturated rings. The number of hydrogen-bond acceptors (Lipinski definition) is 5. The Morgan fingerprint density at radius 2 is 2.04 bits per heavy atom. The molecular weight excluding hydrogens is 296 g/mol. The van der Waals surface area contributed by atoms with Gasteiger partial charge in [-0.25, -0.2) is 0 Å². The molecule has 0 aliphatic carbocycles. The van der Waals surface area contributed by atoms with Crippen LogP contribution in [0, 0.1) is 0 Å². The van der Waals surface area contributed by atoms with Crippen LogP contribution >= 0.6 is 0 Å². The van der Waals surface area contributed by atoms with Gasteiger partial charge in [-0.1, -0.05) is 36.8 Å². The van der Waals surface area contributed by atoms with Crippen molar-refractivity contribution in [2.24, 2.45) is 0 Å². The third kappa shape index (κ3) is 6.38. The van der Waals surface area contributed by atoms with E-state index in [4.69, 9.17) is 9.84 Å². The first-order chi connectivity index (χ1) is 11.1. The molecule has 1 heterocycles. The van der Waals surface area contributed by atoms with Gasteiger partial charge in [-0.3, -0.25) is 14.5 Å². The second kappa shape index (κ2) is 9.27. The Morgan fingerprint density at radius 1 is 1.26 bits per heavy atom. The van der Waals surface area contributed by atoms with E-state index in [0.29, 0.717) is 6.54 Å². The lowest BCUT2D eigenvalue weighted by Gasteiger charge is -2.34. The molecule has 0 aromatic heterocycles. The molecule has 0 spiro atoms. The van der Waals surface area contributed by atoms with Crippen molar-refractivity contribution >= 4 is 11.9 Å². The van der Waals surface area contributed by atoms with Gasteiger partial charge in [0.2, 0.25) is 0 Å². The van der Waals surface area contributed by atoms with Crippen LogP contribution in [0.15, 0.2) is 30.3 Å². The SMILES string of the molecule is O=C(O)CN1CCCCC1CNCC(=O)OCc1ccccc1. The minimum atomic E-state index is -0.806. The van der Waals surface area contributed by atoms with Crippen LogP contribution < -0.4 is 5.32 Å². The third-order valence-electron chi connectivity index (χ3n) is 3.98. The molecule has 1 aromatic carbocycles. The van der Waals surface area contributed by atoms with Gasteiger partial charge in [0.1, 0.15) is 6.61 Å². The predicted molar refractivity (Wildman–Crippen MR) is 86.0 cm³/mol. The highest BCUT2D eigenvalue weighted by molar-refractivity contribution is 5.71. The van der Waals surface area contributed by atoms with Crippen LogP contribution in [-0.2, 0) is 20.9 Å². The summed E-state index contributed by atoms with van der Waals surface area (Å²) in [6.45, 7) is 1.88. The number of ether oxygens (including phenoxy) is 1. The number of carboxylic acids is 1. The maximum absolute atomic E-state index is 11.7. The number of benzene rings is 1. The number of piperidine rings is 1. The highest BCUT2D eigenvalue weighted by Crippen LogP contribution is 2.15. The molecule has 1 atom stereocenters. The van der Waals surface area contributed by atoms with E-state index >= 15 is 0 Å². The Bertz CT molecular complexity index is 507. The quantitative estimate of drug-likeness (QED) is 0.702.